The number of ether oxygens (including phenoxy) is 2. The van der Waals surface area contributed by atoms with Crippen LogP contribution in [0.3, 0.4) is 0 Å². The van der Waals surface area contributed by atoms with Gasteiger partial charge in [0.2, 0.25) is 5.91 Å². The molecule has 0 spiro atoms. The minimum absolute atomic E-state index is 0.240. The normalized spacial score (nSPS) is 10.6. The molecule has 0 radical (unpaired) electrons. The zero-order valence-corrected chi connectivity index (χ0v) is 17.6. The van der Waals surface area contributed by atoms with Gasteiger partial charge >= 0.3 is 0 Å². The first-order valence-corrected chi connectivity index (χ1v) is 9.79. The molecule has 2 aromatic carbocycles. The van der Waals surface area contributed by atoms with E-state index in [4.69, 9.17) is 9.47 Å². The number of aromatic nitrogens is 2. The van der Waals surface area contributed by atoms with Crippen molar-refractivity contribution in [2.45, 2.75) is 26.4 Å². The Morgan fingerprint density at radius 1 is 1.10 bits per heavy atom. The van der Waals surface area contributed by atoms with Crippen molar-refractivity contribution < 1.29 is 18.7 Å². The predicted octanol–water partition coefficient (Wildman–Crippen LogP) is 2.95. The molecule has 1 amide bonds. The SMILES string of the molecule is CCc1cc(=O)n(CC(=O)NCc2ccc(OC)c(OC)c2)c(-c2cccc(F)c2)n1. The van der Waals surface area contributed by atoms with E-state index in [0.29, 0.717) is 29.2 Å². The summed E-state index contributed by atoms with van der Waals surface area (Å²) in [5.41, 5.74) is 1.45. The Labute approximate surface area is 179 Å². The van der Waals surface area contributed by atoms with Crippen LogP contribution in [0.15, 0.2) is 53.3 Å². The summed E-state index contributed by atoms with van der Waals surface area (Å²) >= 11 is 0. The Balaban J connectivity index is 1.82. The average Bonchev–Trinajstić information content (AvgIpc) is 2.78. The van der Waals surface area contributed by atoms with Crippen molar-refractivity contribution >= 4 is 5.91 Å². The molecular formula is C23H24FN3O4. The molecule has 8 heteroatoms. The number of rotatable bonds is 8. The van der Waals surface area contributed by atoms with Gasteiger partial charge in [0.1, 0.15) is 18.2 Å². The van der Waals surface area contributed by atoms with Crippen molar-refractivity contribution in [2.24, 2.45) is 0 Å². The van der Waals surface area contributed by atoms with Crippen LogP contribution in [0.4, 0.5) is 4.39 Å². The summed E-state index contributed by atoms with van der Waals surface area (Å²) in [5.74, 6) is 0.577. The van der Waals surface area contributed by atoms with E-state index >= 15 is 0 Å². The highest BCUT2D eigenvalue weighted by Crippen LogP contribution is 2.27. The summed E-state index contributed by atoms with van der Waals surface area (Å²) in [6.07, 6.45) is 0.546. The number of hydrogen-bond donors (Lipinski definition) is 1. The van der Waals surface area contributed by atoms with Gasteiger partial charge in [-0.1, -0.05) is 25.1 Å². The topological polar surface area (TPSA) is 82.5 Å². The van der Waals surface area contributed by atoms with Crippen LogP contribution < -0.4 is 20.3 Å². The molecule has 1 heterocycles. The lowest BCUT2D eigenvalue weighted by Gasteiger charge is -2.14. The largest absolute Gasteiger partial charge is 0.493 e. The van der Waals surface area contributed by atoms with E-state index in [0.717, 1.165) is 5.56 Å². The highest BCUT2D eigenvalue weighted by atomic mass is 19.1. The van der Waals surface area contributed by atoms with Gasteiger partial charge in [-0.2, -0.15) is 0 Å². The van der Waals surface area contributed by atoms with Crippen molar-refractivity contribution in [1.29, 1.82) is 0 Å². The number of carbonyl (C=O) groups is 1. The number of nitrogens with one attached hydrogen (secondary N) is 1. The molecule has 31 heavy (non-hydrogen) atoms. The van der Waals surface area contributed by atoms with Crippen molar-refractivity contribution in [1.82, 2.24) is 14.9 Å². The molecule has 0 bridgehead atoms. The number of hydrogen-bond acceptors (Lipinski definition) is 5. The van der Waals surface area contributed by atoms with E-state index < -0.39 is 5.82 Å². The van der Waals surface area contributed by atoms with Gasteiger partial charge in [-0.25, -0.2) is 9.37 Å². The summed E-state index contributed by atoms with van der Waals surface area (Å²) < 4.78 is 25.5. The standard InChI is InChI=1S/C23H24FN3O4/c1-4-18-12-22(29)27(23(26-18)16-6-5-7-17(24)11-16)14-21(28)25-13-15-8-9-19(30-2)20(10-15)31-3/h5-12H,4,13-14H2,1-3H3,(H,25,28). The van der Waals surface area contributed by atoms with Gasteiger partial charge in [0.25, 0.3) is 5.56 Å². The molecule has 0 aliphatic carbocycles. The number of methoxy groups -OCH3 is 2. The zero-order chi connectivity index (χ0) is 22.4. The summed E-state index contributed by atoms with van der Waals surface area (Å²) in [6.45, 7) is 1.87. The first kappa shape index (κ1) is 22.0. The van der Waals surface area contributed by atoms with Crippen molar-refractivity contribution in [2.75, 3.05) is 14.2 Å². The van der Waals surface area contributed by atoms with Crippen LogP contribution in [0.25, 0.3) is 11.4 Å². The third-order valence-electron chi connectivity index (χ3n) is 4.75. The van der Waals surface area contributed by atoms with Gasteiger partial charge in [-0.15, -0.1) is 0 Å². The van der Waals surface area contributed by atoms with Gasteiger partial charge in [-0.05, 0) is 36.2 Å². The molecule has 1 N–H and O–H groups in total. The minimum Gasteiger partial charge on any atom is -0.493 e. The van der Waals surface area contributed by atoms with E-state index in [1.165, 1.54) is 35.9 Å². The van der Waals surface area contributed by atoms with Gasteiger partial charge in [0.15, 0.2) is 11.5 Å². The summed E-state index contributed by atoms with van der Waals surface area (Å²) in [6, 6.07) is 12.5. The van der Waals surface area contributed by atoms with Crippen molar-refractivity contribution in [3.05, 3.63) is 76.0 Å². The summed E-state index contributed by atoms with van der Waals surface area (Å²) in [7, 11) is 3.08. The predicted molar refractivity (Wildman–Crippen MR) is 115 cm³/mol. The molecular weight excluding hydrogens is 401 g/mol. The lowest BCUT2D eigenvalue weighted by Crippen LogP contribution is -2.33. The van der Waals surface area contributed by atoms with E-state index in [-0.39, 0.29) is 30.4 Å². The lowest BCUT2D eigenvalue weighted by molar-refractivity contribution is -0.121. The second-order valence-corrected chi connectivity index (χ2v) is 6.83. The molecule has 162 valence electrons. The van der Waals surface area contributed by atoms with E-state index in [1.54, 1.807) is 25.3 Å². The molecule has 0 aliphatic heterocycles. The molecule has 1 aromatic heterocycles. The van der Waals surface area contributed by atoms with Crippen LogP contribution in [0.2, 0.25) is 0 Å². The molecule has 0 aliphatic rings. The maximum absolute atomic E-state index is 13.7. The fourth-order valence-electron chi connectivity index (χ4n) is 3.13. The number of halogens is 1. The number of amides is 1. The quantitative estimate of drug-likeness (QED) is 0.600. The second-order valence-electron chi connectivity index (χ2n) is 6.83. The Bertz CT molecular complexity index is 1140. The van der Waals surface area contributed by atoms with Gasteiger partial charge in [0.05, 0.1) is 14.2 Å². The van der Waals surface area contributed by atoms with Crippen molar-refractivity contribution in [3.8, 4) is 22.9 Å². The lowest BCUT2D eigenvalue weighted by atomic mass is 10.2. The first-order chi connectivity index (χ1) is 14.9. The third-order valence-corrected chi connectivity index (χ3v) is 4.75. The Morgan fingerprint density at radius 3 is 2.55 bits per heavy atom. The van der Waals surface area contributed by atoms with Crippen LogP contribution in [0.5, 0.6) is 11.5 Å². The summed E-state index contributed by atoms with van der Waals surface area (Å²) in [4.78, 5) is 29.7. The summed E-state index contributed by atoms with van der Waals surface area (Å²) in [5, 5.41) is 2.79. The molecule has 0 saturated carbocycles. The monoisotopic (exact) mass is 425 g/mol. The van der Waals surface area contributed by atoms with Gasteiger partial charge < -0.3 is 14.8 Å². The maximum atomic E-state index is 13.7. The fourth-order valence-corrected chi connectivity index (χ4v) is 3.13. The van der Waals surface area contributed by atoms with E-state index in [1.807, 2.05) is 13.0 Å². The Kier molecular flexibility index (Phi) is 7.02. The molecule has 0 saturated heterocycles. The van der Waals surface area contributed by atoms with Crippen LogP contribution in [-0.4, -0.2) is 29.7 Å². The van der Waals surface area contributed by atoms with Crippen molar-refractivity contribution in [3.63, 3.8) is 0 Å². The Hall–Kier alpha value is -3.68. The molecule has 0 unspecified atom stereocenters. The number of aryl methyl sites for hydroxylation is 1. The third kappa shape index (κ3) is 5.28. The first-order valence-electron chi connectivity index (χ1n) is 9.79. The average molecular weight is 425 g/mol. The fraction of sp³-hybridized carbons (Fsp3) is 0.261. The number of benzene rings is 2. The molecule has 0 fully saturated rings. The Morgan fingerprint density at radius 2 is 1.87 bits per heavy atom. The second kappa shape index (κ2) is 9.88. The highest BCUT2D eigenvalue weighted by Gasteiger charge is 2.14. The van der Waals surface area contributed by atoms with Crippen LogP contribution in [0, 0.1) is 5.82 Å². The van der Waals surface area contributed by atoms with E-state index in [9.17, 15) is 14.0 Å². The molecule has 0 atom stereocenters. The smallest absolute Gasteiger partial charge is 0.254 e. The van der Waals surface area contributed by atoms with Gasteiger partial charge in [0, 0.05) is 23.9 Å². The van der Waals surface area contributed by atoms with Crippen LogP contribution >= 0.6 is 0 Å². The van der Waals surface area contributed by atoms with E-state index in [2.05, 4.69) is 10.3 Å². The molecule has 7 nitrogen and oxygen atoms in total. The highest BCUT2D eigenvalue weighted by molar-refractivity contribution is 5.76. The van der Waals surface area contributed by atoms with Crippen LogP contribution in [-0.2, 0) is 24.3 Å². The molecule has 3 rings (SSSR count). The zero-order valence-electron chi connectivity index (χ0n) is 17.6. The minimum atomic E-state index is -0.446. The number of carbonyl (C=O) groups excluding carboxylic acids is 1. The number of nitrogens with zero attached hydrogens (tertiary/aromatic N) is 2. The maximum Gasteiger partial charge on any atom is 0.254 e. The molecule has 3 aromatic rings. The van der Waals surface area contributed by atoms with Crippen LogP contribution in [0.1, 0.15) is 18.2 Å². The van der Waals surface area contributed by atoms with Gasteiger partial charge in [-0.3, -0.25) is 14.2 Å².